The van der Waals surface area contributed by atoms with Crippen molar-refractivity contribution < 1.29 is 36.1 Å². The van der Waals surface area contributed by atoms with E-state index in [4.69, 9.17) is 26.5 Å². The first kappa shape index (κ1) is 16.5. The number of hydrogen-bond acceptors (Lipinski definition) is 2. The van der Waals surface area contributed by atoms with Gasteiger partial charge in [-0.05, 0) is 0 Å². The van der Waals surface area contributed by atoms with Gasteiger partial charge in [-0.15, -0.1) is 0 Å². The van der Waals surface area contributed by atoms with Crippen LogP contribution in [0, 0.1) is 0 Å². The van der Waals surface area contributed by atoms with E-state index in [1.54, 1.807) is 0 Å². The molecule has 1 rings (SSSR count). The summed E-state index contributed by atoms with van der Waals surface area (Å²) >= 11 is 0. The Morgan fingerprint density at radius 2 is 1.50 bits per heavy atom. The van der Waals surface area contributed by atoms with Gasteiger partial charge in [0.2, 0.25) is 0 Å². The molecule has 5 nitrogen and oxygen atoms in total. The first-order chi connectivity index (χ1) is 6.07. The number of carboxylic acid groups (broad SMARTS) is 1. The maximum absolute atomic E-state index is 9.12. The largest absolute Gasteiger partial charge is 2.00 e. The van der Waals surface area contributed by atoms with E-state index in [-0.39, 0.29) is 33.1 Å². The molecular formula is C8H16N2O3Pt. The maximum atomic E-state index is 9.12. The van der Waals surface area contributed by atoms with Gasteiger partial charge in [-0.1, -0.05) is 25.7 Å². The SMILES string of the molecule is O=C(O)CO.[NH-][C@@H]1CCCC[C@H]1[NH-].[Pt+2]. The van der Waals surface area contributed by atoms with E-state index in [0.717, 1.165) is 12.8 Å². The van der Waals surface area contributed by atoms with Gasteiger partial charge in [0.1, 0.15) is 6.61 Å². The van der Waals surface area contributed by atoms with Crippen molar-refractivity contribution in [2.45, 2.75) is 37.8 Å². The summed E-state index contributed by atoms with van der Waals surface area (Å²) in [5.41, 5.74) is 14.6. The zero-order valence-corrected chi connectivity index (χ0v) is 10.1. The van der Waals surface area contributed by atoms with E-state index in [1.807, 2.05) is 0 Å². The molecule has 1 saturated carbocycles. The molecule has 0 saturated heterocycles. The van der Waals surface area contributed by atoms with Crippen LogP contribution in [0.25, 0.3) is 11.5 Å². The zero-order chi connectivity index (χ0) is 10.3. The van der Waals surface area contributed by atoms with Crippen LogP contribution in [0.1, 0.15) is 25.7 Å². The number of hydrogen-bond donors (Lipinski definition) is 2. The topological polar surface area (TPSA) is 105 Å². The van der Waals surface area contributed by atoms with Crippen molar-refractivity contribution in [1.29, 1.82) is 0 Å². The fourth-order valence-electron chi connectivity index (χ4n) is 1.13. The fourth-order valence-corrected chi connectivity index (χ4v) is 1.13. The Labute approximate surface area is 98.1 Å². The average Bonchev–Trinajstić information content (AvgIpc) is 2.11. The van der Waals surface area contributed by atoms with E-state index >= 15 is 0 Å². The first-order valence-corrected chi connectivity index (χ1v) is 4.32. The third kappa shape index (κ3) is 8.63. The Hall–Kier alpha value is 0.0383. The number of carbonyl (C=O) groups is 1. The van der Waals surface area contributed by atoms with Gasteiger partial charge in [0, 0.05) is 0 Å². The van der Waals surface area contributed by atoms with Crippen LogP contribution < -0.4 is 0 Å². The van der Waals surface area contributed by atoms with E-state index in [9.17, 15) is 0 Å². The molecule has 1 fully saturated rings. The second-order valence-corrected chi connectivity index (χ2v) is 3.05. The summed E-state index contributed by atoms with van der Waals surface area (Å²) in [5.74, 6) is -1.19. The summed E-state index contributed by atoms with van der Waals surface area (Å²) in [4.78, 5) is 9.12. The molecule has 0 aliphatic heterocycles. The van der Waals surface area contributed by atoms with Crippen LogP contribution >= 0.6 is 0 Å². The van der Waals surface area contributed by atoms with Gasteiger partial charge >= 0.3 is 27.0 Å². The minimum atomic E-state index is -1.19. The number of carboxylic acids is 1. The Kier molecular flexibility index (Phi) is 11.3. The van der Waals surface area contributed by atoms with Crippen LogP contribution in [-0.4, -0.2) is 34.9 Å². The van der Waals surface area contributed by atoms with Crippen molar-refractivity contribution >= 4 is 5.97 Å². The molecular weight excluding hydrogens is 367 g/mol. The molecule has 0 radical (unpaired) electrons. The Morgan fingerprint density at radius 3 is 1.64 bits per heavy atom. The van der Waals surface area contributed by atoms with Gasteiger partial charge in [-0.2, -0.15) is 12.1 Å². The molecule has 2 atom stereocenters. The Balaban J connectivity index is 0. The van der Waals surface area contributed by atoms with Crippen LogP contribution in [0.4, 0.5) is 0 Å². The van der Waals surface area contributed by atoms with Crippen molar-refractivity contribution in [2.75, 3.05) is 6.61 Å². The molecule has 0 spiro atoms. The molecule has 6 heteroatoms. The first-order valence-electron chi connectivity index (χ1n) is 4.32. The van der Waals surface area contributed by atoms with Crippen molar-refractivity contribution in [3.05, 3.63) is 11.5 Å². The monoisotopic (exact) mass is 383 g/mol. The normalized spacial score (nSPS) is 25.4. The second-order valence-electron chi connectivity index (χ2n) is 3.05. The molecule has 4 N–H and O–H groups in total. The summed E-state index contributed by atoms with van der Waals surface area (Å²) in [6.07, 6.45) is 4.25. The molecule has 0 aromatic rings. The number of aliphatic hydroxyl groups excluding tert-OH is 1. The van der Waals surface area contributed by atoms with Gasteiger partial charge in [-0.25, -0.2) is 4.79 Å². The van der Waals surface area contributed by atoms with Crippen molar-refractivity contribution in [2.24, 2.45) is 0 Å². The summed E-state index contributed by atoms with van der Waals surface area (Å²) in [6.45, 7) is -0.778. The van der Waals surface area contributed by atoms with Crippen molar-refractivity contribution in [3.8, 4) is 0 Å². The molecule has 0 heterocycles. The number of aliphatic hydroxyl groups is 1. The summed E-state index contributed by atoms with van der Waals surface area (Å²) in [7, 11) is 0. The van der Waals surface area contributed by atoms with E-state index in [0.29, 0.717) is 0 Å². The quantitative estimate of drug-likeness (QED) is 0.716. The van der Waals surface area contributed by atoms with Gasteiger partial charge in [0.05, 0.1) is 0 Å². The van der Waals surface area contributed by atoms with Gasteiger partial charge in [-0.3, -0.25) is 0 Å². The number of aliphatic carboxylic acids is 1. The number of rotatable bonds is 1. The summed E-state index contributed by atoms with van der Waals surface area (Å²) in [5, 5.41) is 15.0. The second kappa shape index (κ2) is 9.59. The third-order valence-corrected chi connectivity index (χ3v) is 1.90. The number of nitrogens with one attached hydrogen (secondary N) is 2. The van der Waals surface area contributed by atoms with Crippen molar-refractivity contribution in [1.82, 2.24) is 0 Å². The molecule has 0 unspecified atom stereocenters. The molecule has 1 aliphatic carbocycles. The van der Waals surface area contributed by atoms with E-state index in [1.165, 1.54) is 12.8 Å². The molecule has 86 valence electrons. The standard InChI is InChI=1S/C6H12N2.C2H4O3.Pt/c7-5-3-1-2-4-6(5)8;3-1-2(4)5;/h5-8H,1-4H2;3H,1H2,(H,4,5);/q-2;;+2/t5-,6-;;/m1../s1. The molecule has 0 amide bonds. The van der Waals surface area contributed by atoms with Crippen LogP contribution in [0.15, 0.2) is 0 Å². The van der Waals surface area contributed by atoms with E-state index < -0.39 is 12.6 Å². The van der Waals surface area contributed by atoms with Crippen LogP contribution in [0.2, 0.25) is 0 Å². The maximum Gasteiger partial charge on any atom is 2.00 e. The molecule has 0 bridgehead atoms. The Morgan fingerprint density at radius 1 is 1.21 bits per heavy atom. The minimum Gasteiger partial charge on any atom is -0.676 e. The van der Waals surface area contributed by atoms with Crippen LogP contribution in [0.3, 0.4) is 0 Å². The smallest absolute Gasteiger partial charge is 0.676 e. The summed E-state index contributed by atoms with van der Waals surface area (Å²) in [6, 6.07) is -0.160. The summed E-state index contributed by atoms with van der Waals surface area (Å²) < 4.78 is 0. The molecule has 0 aromatic heterocycles. The Bertz CT molecular complexity index is 148. The van der Waals surface area contributed by atoms with Crippen molar-refractivity contribution in [3.63, 3.8) is 0 Å². The zero-order valence-electron chi connectivity index (χ0n) is 7.81. The fraction of sp³-hybridized carbons (Fsp3) is 0.875. The van der Waals surface area contributed by atoms with Gasteiger partial charge < -0.3 is 21.7 Å². The molecule has 1 aliphatic rings. The average molecular weight is 383 g/mol. The van der Waals surface area contributed by atoms with Crippen LogP contribution in [0.5, 0.6) is 0 Å². The third-order valence-electron chi connectivity index (χ3n) is 1.90. The van der Waals surface area contributed by atoms with Gasteiger partial charge in [0.25, 0.3) is 0 Å². The molecule has 0 aromatic carbocycles. The van der Waals surface area contributed by atoms with Gasteiger partial charge in [0.15, 0.2) is 0 Å². The predicted molar refractivity (Wildman–Crippen MR) is 49.4 cm³/mol. The minimum absolute atomic E-state index is 0. The van der Waals surface area contributed by atoms with E-state index in [2.05, 4.69) is 0 Å². The predicted octanol–water partition coefficient (Wildman–Crippen LogP) is 1.46. The molecule has 14 heavy (non-hydrogen) atoms. The van der Waals surface area contributed by atoms with Crippen LogP contribution in [-0.2, 0) is 25.9 Å².